The molecule has 0 spiro atoms. The van der Waals surface area contributed by atoms with Gasteiger partial charge in [0.05, 0.1) is 5.69 Å². The minimum atomic E-state index is 0.877. The van der Waals surface area contributed by atoms with E-state index in [0.29, 0.717) is 0 Å². The Hall–Kier alpha value is -0.640. The summed E-state index contributed by atoms with van der Waals surface area (Å²) in [5.41, 5.74) is 7.20. The van der Waals surface area contributed by atoms with E-state index in [4.69, 9.17) is 5.73 Å². The summed E-state index contributed by atoms with van der Waals surface area (Å²) < 4.78 is 2.15. The topological polar surface area (TPSA) is 43.8 Å². The Morgan fingerprint density at radius 2 is 2.12 bits per heavy atom. The van der Waals surface area contributed by atoms with Crippen LogP contribution in [-0.2, 0) is 13.0 Å². The van der Waals surface area contributed by atoms with Crippen LogP contribution in [0.2, 0.25) is 0 Å². The predicted octanol–water partition coefficient (Wildman–Crippen LogP) is 2.87. The first kappa shape index (κ1) is 13.4. The molecule has 1 rings (SSSR count). The maximum absolute atomic E-state index is 6.12. The van der Waals surface area contributed by atoms with Gasteiger partial charge in [-0.25, -0.2) is 4.98 Å². The van der Waals surface area contributed by atoms with Gasteiger partial charge < -0.3 is 10.3 Å². The van der Waals surface area contributed by atoms with Crippen LogP contribution in [0.25, 0.3) is 0 Å². The third-order valence-corrected chi connectivity index (χ3v) is 3.60. The average Bonchev–Trinajstić information content (AvgIpc) is 2.53. The van der Waals surface area contributed by atoms with Crippen LogP contribution in [0.3, 0.4) is 0 Å². The lowest BCUT2D eigenvalue weighted by Gasteiger charge is -2.06. The number of nitrogens with two attached hydrogens (primary N) is 1. The van der Waals surface area contributed by atoms with E-state index in [1.807, 2.05) is 18.7 Å². The molecule has 0 unspecified atom stereocenters. The lowest BCUT2D eigenvalue weighted by molar-refractivity contribution is 0.622. The van der Waals surface area contributed by atoms with Crippen molar-refractivity contribution in [1.29, 1.82) is 0 Å². The van der Waals surface area contributed by atoms with Gasteiger partial charge in [0.25, 0.3) is 0 Å². The second-order valence-electron chi connectivity index (χ2n) is 3.94. The number of anilines is 1. The number of rotatable bonds is 7. The van der Waals surface area contributed by atoms with E-state index in [-0.39, 0.29) is 0 Å². The summed E-state index contributed by atoms with van der Waals surface area (Å²) in [7, 11) is 0. The number of imidazole rings is 1. The molecule has 4 heteroatoms. The lowest BCUT2D eigenvalue weighted by atomic mass is 10.3. The van der Waals surface area contributed by atoms with Gasteiger partial charge in [-0.3, -0.25) is 0 Å². The van der Waals surface area contributed by atoms with Crippen LogP contribution in [0.5, 0.6) is 0 Å². The number of thioether (sulfide) groups is 1. The van der Waals surface area contributed by atoms with Crippen molar-refractivity contribution in [2.45, 2.75) is 46.6 Å². The van der Waals surface area contributed by atoms with Crippen molar-refractivity contribution < 1.29 is 0 Å². The average molecular weight is 241 g/mol. The second kappa shape index (κ2) is 6.84. The Bertz CT molecular complexity index is 320. The summed E-state index contributed by atoms with van der Waals surface area (Å²) in [5.74, 6) is 4.21. The molecule has 0 aliphatic carbocycles. The van der Waals surface area contributed by atoms with Gasteiger partial charge in [-0.05, 0) is 24.9 Å². The molecule has 92 valence electrons. The van der Waals surface area contributed by atoms with Gasteiger partial charge in [-0.2, -0.15) is 11.8 Å². The second-order valence-corrected chi connectivity index (χ2v) is 5.34. The van der Waals surface area contributed by atoms with Crippen LogP contribution in [0, 0.1) is 6.92 Å². The van der Waals surface area contributed by atoms with Crippen molar-refractivity contribution in [2.24, 2.45) is 0 Å². The zero-order valence-electron chi connectivity index (χ0n) is 10.6. The minimum absolute atomic E-state index is 0.877. The summed E-state index contributed by atoms with van der Waals surface area (Å²) in [6.45, 7) is 7.42. The molecule has 0 saturated carbocycles. The third kappa shape index (κ3) is 3.44. The fraction of sp³-hybridized carbons (Fsp3) is 0.750. The highest BCUT2D eigenvalue weighted by Gasteiger charge is 2.10. The molecule has 1 aromatic heterocycles. The van der Waals surface area contributed by atoms with Crippen molar-refractivity contribution in [3.05, 3.63) is 11.5 Å². The fourth-order valence-corrected chi connectivity index (χ4v) is 2.37. The van der Waals surface area contributed by atoms with Gasteiger partial charge in [0.15, 0.2) is 0 Å². The highest BCUT2D eigenvalue weighted by atomic mass is 32.2. The van der Waals surface area contributed by atoms with Gasteiger partial charge in [-0.1, -0.05) is 20.3 Å². The van der Waals surface area contributed by atoms with E-state index >= 15 is 0 Å². The summed E-state index contributed by atoms with van der Waals surface area (Å²) in [4.78, 5) is 4.56. The SMILES string of the molecule is CCCCn1c(C)nc(CCSCC)c1N. The molecule has 1 heterocycles. The van der Waals surface area contributed by atoms with E-state index in [0.717, 1.165) is 41.8 Å². The van der Waals surface area contributed by atoms with E-state index in [1.54, 1.807) is 0 Å². The lowest BCUT2D eigenvalue weighted by Crippen LogP contribution is -2.05. The third-order valence-electron chi connectivity index (χ3n) is 2.70. The number of nitrogen functional groups attached to an aromatic ring is 1. The molecule has 3 nitrogen and oxygen atoms in total. The summed E-state index contributed by atoms with van der Waals surface area (Å²) in [6.07, 6.45) is 3.35. The molecular formula is C12H23N3S. The van der Waals surface area contributed by atoms with Gasteiger partial charge >= 0.3 is 0 Å². The van der Waals surface area contributed by atoms with Gasteiger partial charge in [0, 0.05) is 13.0 Å². The molecule has 0 bridgehead atoms. The van der Waals surface area contributed by atoms with E-state index in [2.05, 4.69) is 23.4 Å². The molecule has 16 heavy (non-hydrogen) atoms. The number of hydrogen-bond acceptors (Lipinski definition) is 3. The highest BCUT2D eigenvalue weighted by molar-refractivity contribution is 7.99. The molecule has 0 radical (unpaired) electrons. The first-order valence-corrected chi connectivity index (χ1v) is 7.25. The van der Waals surface area contributed by atoms with E-state index in [1.165, 1.54) is 12.8 Å². The Balaban J connectivity index is 2.64. The fourth-order valence-electron chi connectivity index (χ4n) is 1.74. The number of nitrogens with zero attached hydrogens (tertiary/aromatic N) is 2. The number of aryl methyl sites for hydroxylation is 2. The van der Waals surface area contributed by atoms with Crippen molar-refractivity contribution in [2.75, 3.05) is 17.2 Å². The normalized spacial score (nSPS) is 10.9. The van der Waals surface area contributed by atoms with Crippen LogP contribution in [0.4, 0.5) is 5.82 Å². The van der Waals surface area contributed by atoms with E-state index in [9.17, 15) is 0 Å². The predicted molar refractivity (Wildman–Crippen MR) is 73.0 cm³/mol. The molecular weight excluding hydrogens is 218 g/mol. The van der Waals surface area contributed by atoms with Gasteiger partial charge in [0.1, 0.15) is 11.6 Å². The maximum atomic E-state index is 6.12. The standard InChI is InChI=1S/C12H23N3S/c1-4-6-8-15-10(3)14-11(12(15)13)7-9-16-5-2/h4-9,13H2,1-3H3. The Morgan fingerprint density at radius 3 is 2.75 bits per heavy atom. The molecule has 0 aliphatic rings. The van der Waals surface area contributed by atoms with Gasteiger partial charge in [0.2, 0.25) is 0 Å². The Labute approximate surface area is 103 Å². The zero-order chi connectivity index (χ0) is 12.0. The quantitative estimate of drug-likeness (QED) is 0.747. The van der Waals surface area contributed by atoms with Crippen molar-refractivity contribution in [3.8, 4) is 0 Å². The van der Waals surface area contributed by atoms with Crippen LogP contribution in [-0.4, -0.2) is 21.1 Å². The number of unbranched alkanes of at least 4 members (excludes halogenated alkanes) is 1. The van der Waals surface area contributed by atoms with Crippen LogP contribution >= 0.6 is 11.8 Å². The van der Waals surface area contributed by atoms with Gasteiger partial charge in [-0.15, -0.1) is 0 Å². The molecule has 0 saturated heterocycles. The van der Waals surface area contributed by atoms with Crippen LogP contribution in [0.1, 0.15) is 38.2 Å². The van der Waals surface area contributed by atoms with Crippen molar-refractivity contribution in [3.63, 3.8) is 0 Å². The monoisotopic (exact) mass is 241 g/mol. The summed E-state index contributed by atoms with van der Waals surface area (Å²) in [6, 6.07) is 0. The molecule has 1 aromatic rings. The molecule has 0 aliphatic heterocycles. The molecule has 0 amide bonds. The van der Waals surface area contributed by atoms with E-state index < -0.39 is 0 Å². The van der Waals surface area contributed by atoms with Crippen molar-refractivity contribution >= 4 is 17.6 Å². The molecule has 0 aromatic carbocycles. The zero-order valence-corrected chi connectivity index (χ0v) is 11.4. The maximum Gasteiger partial charge on any atom is 0.126 e. The first-order chi connectivity index (χ1) is 7.70. The minimum Gasteiger partial charge on any atom is -0.384 e. The Kier molecular flexibility index (Phi) is 5.74. The molecule has 2 N–H and O–H groups in total. The first-order valence-electron chi connectivity index (χ1n) is 6.09. The van der Waals surface area contributed by atoms with Crippen LogP contribution < -0.4 is 5.73 Å². The largest absolute Gasteiger partial charge is 0.384 e. The molecule has 0 atom stereocenters. The summed E-state index contributed by atoms with van der Waals surface area (Å²) >= 11 is 1.94. The van der Waals surface area contributed by atoms with Crippen LogP contribution in [0.15, 0.2) is 0 Å². The van der Waals surface area contributed by atoms with Crippen molar-refractivity contribution in [1.82, 2.24) is 9.55 Å². The number of hydrogen-bond donors (Lipinski definition) is 1. The smallest absolute Gasteiger partial charge is 0.126 e. The summed E-state index contributed by atoms with van der Waals surface area (Å²) in [5, 5.41) is 0. The molecule has 0 fully saturated rings. The Morgan fingerprint density at radius 1 is 1.38 bits per heavy atom. The number of aromatic nitrogens is 2. The highest BCUT2D eigenvalue weighted by Crippen LogP contribution is 2.17.